The Labute approximate surface area is 84.6 Å². The van der Waals surface area contributed by atoms with Crippen molar-refractivity contribution in [2.75, 3.05) is 6.79 Å². The molecule has 1 aliphatic rings. The smallest absolute Gasteiger partial charge is 0.147 e. The maximum Gasteiger partial charge on any atom is 0.147 e. The van der Waals surface area contributed by atoms with Crippen LogP contribution in [0.3, 0.4) is 0 Å². The van der Waals surface area contributed by atoms with Gasteiger partial charge in [0.25, 0.3) is 0 Å². The van der Waals surface area contributed by atoms with Gasteiger partial charge in [-0.05, 0) is 13.8 Å². The predicted octanol–water partition coefficient (Wildman–Crippen LogP) is 3.85. The molecule has 13 heavy (non-hydrogen) atoms. The topological polar surface area (TPSA) is 18.5 Å². The van der Waals surface area contributed by atoms with Crippen molar-refractivity contribution in [1.82, 2.24) is 0 Å². The number of hydrogen-bond donors (Lipinski definition) is 0. The summed E-state index contributed by atoms with van der Waals surface area (Å²) >= 11 is 0. The average Bonchev–Trinajstić information content (AvgIpc) is 2.61. The standard InChI is InChI=1S/C5H10O2.3C2H6/c1-4-5(2)7-3-6-4;3*1-2/h4-5H,3H2,1-2H3;3*1-2H3. The van der Waals surface area contributed by atoms with Crippen molar-refractivity contribution in [3.8, 4) is 0 Å². The van der Waals surface area contributed by atoms with E-state index in [1.165, 1.54) is 0 Å². The van der Waals surface area contributed by atoms with Gasteiger partial charge in [-0.3, -0.25) is 0 Å². The molecule has 2 nitrogen and oxygen atoms in total. The van der Waals surface area contributed by atoms with Crippen LogP contribution in [-0.4, -0.2) is 19.0 Å². The Balaban J connectivity index is -0.000000144. The van der Waals surface area contributed by atoms with Gasteiger partial charge in [0.15, 0.2) is 0 Å². The molecule has 0 amide bonds. The summed E-state index contributed by atoms with van der Waals surface area (Å²) in [5.41, 5.74) is 0. The zero-order chi connectivity index (χ0) is 11.3. The molecule has 2 heteroatoms. The molecule has 1 fully saturated rings. The summed E-state index contributed by atoms with van der Waals surface area (Å²) in [6.45, 7) is 16.5. The summed E-state index contributed by atoms with van der Waals surface area (Å²) in [6, 6.07) is 0. The Hall–Kier alpha value is -0.0800. The van der Waals surface area contributed by atoms with Crippen LogP contribution in [0.1, 0.15) is 55.4 Å². The molecule has 1 rings (SSSR count). The van der Waals surface area contributed by atoms with Crippen molar-refractivity contribution in [1.29, 1.82) is 0 Å². The van der Waals surface area contributed by atoms with E-state index >= 15 is 0 Å². The minimum absolute atomic E-state index is 0.292. The van der Waals surface area contributed by atoms with E-state index in [0.29, 0.717) is 19.0 Å². The first-order valence-electron chi connectivity index (χ1n) is 5.54. The maximum atomic E-state index is 5.04. The second-order valence-corrected chi connectivity index (χ2v) is 1.86. The molecule has 0 aromatic rings. The van der Waals surface area contributed by atoms with Gasteiger partial charge < -0.3 is 9.47 Å². The molecule has 1 aliphatic heterocycles. The van der Waals surface area contributed by atoms with E-state index in [0.717, 1.165) is 0 Å². The third-order valence-corrected chi connectivity index (χ3v) is 1.32. The second-order valence-electron chi connectivity index (χ2n) is 1.86. The van der Waals surface area contributed by atoms with Crippen LogP contribution < -0.4 is 0 Å². The molecule has 0 radical (unpaired) electrons. The fourth-order valence-electron chi connectivity index (χ4n) is 0.525. The van der Waals surface area contributed by atoms with E-state index in [1.54, 1.807) is 0 Å². The van der Waals surface area contributed by atoms with Gasteiger partial charge >= 0.3 is 0 Å². The maximum absolute atomic E-state index is 5.04. The average molecular weight is 192 g/mol. The van der Waals surface area contributed by atoms with Crippen LogP contribution in [0.15, 0.2) is 0 Å². The highest BCUT2D eigenvalue weighted by molar-refractivity contribution is 4.62. The van der Waals surface area contributed by atoms with E-state index < -0.39 is 0 Å². The van der Waals surface area contributed by atoms with Crippen molar-refractivity contribution in [2.45, 2.75) is 67.6 Å². The fourth-order valence-corrected chi connectivity index (χ4v) is 0.525. The minimum atomic E-state index is 0.292. The summed E-state index contributed by atoms with van der Waals surface area (Å²) in [5.74, 6) is 0. The first kappa shape index (κ1) is 18.7. The zero-order valence-corrected chi connectivity index (χ0v) is 10.7. The van der Waals surface area contributed by atoms with Crippen LogP contribution in [0.4, 0.5) is 0 Å². The Morgan fingerprint density at radius 1 is 0.692 bits per heavy atom. The van der Waals surface area contributed by atoms with E-state index in [1.807, 2.05) is 55.4 Å². The van der Waals surface area contributed by atoms with Crippen molar-refractivity contribution in [2.24, 2.45) is 0 Å². The summed E-state index contributed by atoms with van der Waals surface area (Å²) in [7, 11) is 0. The van der Waals surface area contributed by atoms with Gasteiger partial charge in [0.2, 0.25) is 0 Å². The Kier molecular flexibility index (Phi) is 25.6. The van der Waals surface area contributed by atoms with E-state index in [4.69, 9.17) is 9.47 Å². The van der Waals surface area contributed by atoms with E-state index in [2.05, 4.69) is 0 Å². The second kappa shape index (κ2) is 17.9. The highest BCUT2D eigenvalue weighted by Crippen LogP contribution is 2.09. The lowest BCUT2D eigenvalue weighted by Crippen LogP contribution is -2.13. The van der Waals surface area contributed by atoms with Gasteiger partial charge in [0.1, 0.15) is 6.79 Å². The van der Waals surface area contributed by atoms with Gasteiger partial charge in [-0.15, -0.1) is 0 Å². The minimum Gasteiger partial charge on any atom is -0.350 e. The molecule has 1 heterocycles. The third kappa shape index (κ3) is 11.9. The Morgan fingerprint density at radius 3 is 1.00 bits per heavy atom. The van der Waals surface area contributed by atoms with Crippen LogP contribution in [0.2, 0.25) is 0 Å². The lowest BCUT2D eigenvalue weighted by atomic mass is 10.3. The van der Waals surface area contributed by atoms with Gasteiger partial charge in [-0.25, -0.2) is 0 Å². The van der Waals surface area contributed by atoms with Crippen LogP contribution in [0, 0.1) is 0 Å². The Bertz CT molecular complexity index is 57.1. The van der Waals surface area contributed by atoms with Gasteiger partial charge in [0.05, 0.1) is 12.2 Å². The van der Waals surface area contributed by atoms with Crippen LogP contribution in [-0.2, 0) is 9.47 Å². The number of ether oxygens (including phenoxy) is 2. The predicted molar refractivity (Wildman–Crippen MR) is 60.0 cm³/mol. The molecule has 2 unspecified atom stereocenters. The highest BCUT2D eigenvalue weighted by atomic mass is 16.7. The lowest BCUT2D eigenvalue weighted by molar-refractivity contribution is 0.0433. The molecular weight excluding hydrogens is 164 g/mol. The molecule has 0 aromatic carbocycles. The normalized spacial score (nSPS) is 24.0. The van der Waals surface area contributed by atoms with Crippen molar-refractivity contribution in [3.63, 3.8) is 0 Å². The molecule has 0 aromatic heterocycles. The lowest BCUT2D eigenvalue weighted by Gasteiger charge is -2.02. The molecule has 84 valence electrons. The van der Waals surface area contributed by atoms with Crippen LogP contribution in [0.25, 0.3) is 0 Å². The third-order valence-electron chi connectivity index (χ3n) is 1.32. The van der Waals surface area contributed by atoms with Crippen molar-refractivity contribution >= 4 is 0 Å². The summed E-state index contributed by atoms with van der Waals surface area (Å²) in [4.78, 5) is 0. The summed E-state index contributed by atoms with van der Waals surface area (Å²) in [6.07, 6.45) is 0.583. The largest absolute Gasteiger partial charge is 0.350 e. The van der Waals surface area contributed by atoms with Gasteiger partial charge in [-0.2, -0.15) is 0 Å². The molecule has 2 atom stereocenters. The fraction of sp³-hybridized carbons (Fsp3) is 1.00. The first-order chi connectivity index (χ1) is 6.30. The van der Waals surface area contributed by atoms with E-state index in [9.17, 15) is 0 Å². The van der Waals surface area contributed by atoms with Crippen LogP contribution >= 0.6 is 0 Å². The molecule has 0 saturated carbocycles. The highest BCUT2D eigenvalue weighted by Gasteiger charge is 2.18. The monoisotopic (exact) mass is 192 g/mol. The molecule has 0 N–H and O–H groups in total. The van der Waals surface area contributed by atoms with Crippen LogP contribution in [0.5, 0.6) is 0 Å². The SMILES string of the molecule is CC.CC.CC.CC1OCOC1C. The number of rotatable bonds is 0. The molecule has 0 bridgehead atoms. The number of hydrogen-bond acceptors (Lipinski definition) is 2. The summed E-state index contributed by atoms with van der Waals surface area (Å²) in [5, 5.41) is 0. The Morgan fingerprint density at radius 2 is 0.923 bits per heavy atom. The molecular formula is C11H28O2. The van der Waals surface area contributed by atoms with E-state index in [-0.39, 0.29) is 0 Å². The molecule has 0 aliphatic carbocycles. The molecule has 1 saturated heterocycles. The zero-order valence-electron chi connectivity index (χ0n) is 10.7. The molecule has 0 spiro atoms. The first-order valence-corrected chi connectivity index (χ1v) is 5.54. The van der Waals surface area contributed by atoms with Crippen molar-refractivity contribution in [3.05, 3.63) is 0 Å². The van der Waals surface area contributed by atoms with Crippen molar-refractivity contribution < 1.29 is 9.47 Å². The van der Waals surface area contributed by atoms with Gasteiger partial charge in [0, 0.05) is 0 Å². The van der Waals surface area contributed by atoms with Gasteiger partial charge in [-0.1, -0.05) is 41.5 Å². The summed E-state index contributed by atoms with van der Waals surface area (Å²) < 4.78 is 10.1. The quantitative estimate of drug-likeness (QED) is 0.580.